The van der Waals surface area contributed by atoms with Crippen molar-refractivity contribution in [2.45, 2.75) is 25.8 Å². The summed E-state index contributed by atoms with van der Waals surface area (Å²) in [7, 11) is 1.89. The molecule has 6 heteroatoms. The van der Waals surface area contributed by atoms with E-state index in [-0.39, 0.29) is 6.04 Å². The van der Waals surface area contributed by atoms with Gasteiger partial charge in [-0.05, 0) is 30.2 Å². The van der Waals surface area contributed by atoms with Gasteiger partial charge in [0.2, 0.25) is 0 Å². The molecule has 0 saturated heterocycles. The van der Waals surface area contributed by atoms with Gasteiger partial charge >= 0.3 is 0 Å². The van der Waals surface area contributed by atoms with Crippen LogP contribution in [0.3, 0.4) is 0 Å². The van der Waals surface area contributed by atoms with Crippen molar-refractivity contribution in [3.05, 3.63) is 49.7 Å². The largest absolute Gasteiger partial charge is 0.324 e. The molecule has 0 amide bonds. The molecule has 2 N–H and O–H groups in total. The highest BCUT2D eigenvalue weighted by molar-refractivity contribution is 9.10. The molecule has 2 aromatic rings. The summed E-state index contributed by atoms with van der Waals surface area (Å²) in [4.78, 5) is 0. The molecule has 0 aliphatic heterocycles. The standard InChI is InChI=1S/C14H16BrCl2N3/c1-3-12-14(17)13(20(2)19-12)7-11(18)8-4-9(15)6-10(16)5-8/h4-6,11H,3,7,18H2,1-2H3. The Labute approximate surface area is 137 Å². The van der Waals surface area contributed by atoms with Crippen molar-refractivity contribution >= 4 is 39.1 Å². The molecule has 0 spiro atoms. The molecule has 1 aromatic heterocycles. The van der Waals surface area contributed by atoms with E-state index in [1.165, 1.54) is 0 Å². The Hall–Kier alpha value is -0.550. The molecular weight excluding hydrogens is 361 g/mol. The fourth-order valence-corrected chi connectivity index (χ4v) is 3.41. The Morgan fingerprint density at radius 2 is 2.05 bits per heavy atom. The van der Waals surface area contributed by atoms with Crippen LogP contribution in [0, 0.1) is 0 Å². The van der Waals surface area contributed by atoms with Crippen molar-refractivity contribution in [2.24, 2.45) is 12.8 Å². The number of hydrogen-bond acceptors (Lipinski definition) is 2. The number of nitrogens with zero attached hydrogens (tertiary/aromatic N) is 2. The molecule has 0 radical (unpaired) electrons. The first kappa shape index (κ1) is 15.8. The number of rotatable bonds is 4. The molecule has 2 rings (SSSR count). The first-order chi connectivity index (χ1) is 9.42. The zero-order valence-corrected chi connectivity index (χ0v) is 14.4. The quantitative estimate of drug-likeness (QED) is 0.864. The van der Waals surface area contributed by atoms with Crippen LogP contribution >= 0.6 is 39.1 Å². The lowest BCUT2D eigenvalue weighted by Crippen LogP contribution is -2.15. The Morgan fingerprint density at radius 3 is 2.60 bits per heavy atom. The van der Waals surface area contributed by atoms with Gasteiger partial charge in [-0.15, -0.1) is 0 Å². The lowest BCUT2D eigenvalue weighted by molar-refractivity contribution is 0.638. The van der Waals surface area contributed by atoms with Crippen LogP contribution in [0.1, 0.15) is 29.9 Å². The second-order valence-corrected chi connectivity index (χ2v) is 6.43. The second kappa shape index (κ2) is 6.48. The predicted octanol–water partition coefficient (Wildman–Crippen LogP) is 4.29. The van der Waals surface area contributed by atoms with Crippen LogP contribution in [0.2, 0.25) is 10.0 Å². The first-order valence-electron chi connectivity index (χ1n) is 6.34. The van der Waals surface area contributed by atoms with Gasteiger partial charge < -0.3 is 5.73 Å². The highest BCUT2D eigenvalue weighted by Crippen LogP contribution is 2.28. The third-order valence-electron chi connectivity index (χ3n) is 3.23. The SMILES string of the molecule is CCc1nn(C)c(CC(N)c2cc(Cl)cc(Br)c2)c1Cl. The molecule has 108 valence electrons. The highest BCUT2D eigenvalue weighted by atomic mass is 79.9. The van der Waals surface area contributed by atoms with E-state index in [0.29, 0.717) is 16.5 Å². The average Bonchev–Trinajstić information content (AvgIpc) is 2.65. The monoisotopic (exact) mass is 375 g/mol. The van der Waals surface area contributed by atoms with Gasteiger partial charge in [-0.1, -0.05) is 46.1 Å². The van der Waals surface area contributed by atoms with Gasteiger partial charge in [-0.3, -0.25) is 4.68 Å². The summed E-state index contributed by atoms with van der Waals surface area (Å²) in [5.41, 5.74) is 9.10. The average molecular weight is 377 g/mol. The minimum atomic E-state index is -0.178. The predicted molar refractivity (Wildman–Crippen MR) is 87.4 cm³/mol. The van der Waals surface area contributed by atoms with Crippen LogP contribution in [0.25, 0.3) is 0 Å². The lowest BCUT2D eigenvalue weighted by atomic mass is 10.0. The number of nitrogens with two attached hydrogens (primary N) is 1. The van der Waals surface area contributed by atoms with E-state index >= 15 is 0 Å². The molecule has 20 heavy (non-hydrogen) atoms. The molecule has 0 aliphatic carbocycles. The second-order valence-electron chi connectivity index (χ2n) is 4.70. The molecule has 1 aromatic carbocycles. The molecule has 1 atom stereocenters. The van der Waals surface area contributed by atoms with E-state index in [9.17, 15) is 0 Å². The van der Waals surface area contributed by atoms with Crippen LogP contribution in [-0.2, 0) is 19.9 Å². The number of benzene rings is 1. The summed E-state index contributed by atoms with van der Waals surface area (Å²) in [5, 5.41) is 5.78. The number of hydrogen-bond donors (Lipinski definition) is 1. The van der Waals surface area contributed by atoms with Gasteiger partial charge in [0.1, 0.15) is 0 Å². The lowest BCUT2D eigenvalue weighted by Gasteiger charge is -2.13. The molecule has 1 heterocycles. The van der Waals surface area contributed by atoms with Gasteiger partial charge in [0.25, 0.3) is 0 Å². The molecule has 3 nitrogen and oxygen atoms in total. The van der Waals surface area contributed by atoms with Crippen LogP contribution < -0.4 is 5.73 Å². The maximum atomic E-state index is 6.35. The summed E-state index contributed by atoms with van der Waals surface area (Å²) in [5.74, 6) is 0. The minimum Gasteiger partial charge on any atom is -0.324 e. The fraction of sp³-hybridized carbons (Fsp3) is 0.357. The van der Waals surface area contributed by atoms with Crippen molar-refractivity contribution in [3.8, 4) is 0 Å². The zero-order chi connectivity index (χ0) is 14.9. The van der Waals surface area contributed by atoms with Crippen LogP contribution in [0.5, 0.6) is 0 Å². The molecule has 0 aliphatic rings. The molecule has 0 fully saturated rings. The zero-order valence-electron chi connectivity index (χ0n) is 11.3. The first-order valence-corrected chi connectivity index (χ1v) is 7.89. The molecule has 0 saturated carbocycles. The van der Waals surface area contributed by atoms with Crippen LogP contribution in [0.4, 0.5) is 0 Å². The number of aromatic nitrogens is 2. The maximum absolute atomic E-state index is 6.35. The Balaban J connectivity index is 2.27. The van der Waals surface area contributed by atoms with Crippen molar-refractivity contribution in [1.29, 1.82) is 0 Å². The van der Waals surface area contributed by atoms with Crippen molar-refractivity contribution in [3.63, 3.8) is 0 Å². The van der Waals surface area contributed by atoms with E-state index < -0.39 is 0 Å². The summed E-state index contributed by atoms with van der Waals surface area (Å²) in [6, 6.07) is 5.51. The Bertz CT molecular complexity index is 605. The minimum absolute atomic E-state index is 0.178. The van der Waals surface area contributed by atoms with Gasteiger partial charge in [0.15, 0.2) is 0 Å². The van der Waals surface area contributed by atoms with E-state index in [2.05, 4.69) is 21.0 Å². The molecular formula is C14H16BrCl2N3. The van der Waals surface area contributed by atoms with E-state index in [4.69, 9.17) is 28.9 Å². The number of halogens is 3. The van der Waals surface area contributed by atoms with Gasteiger partial charge in [0, 0.05) is 29.0 Å². The van der Waals surface area contributed by atoms with Gasteiger partial charge in [-0.2, -0.15) is 5.10 Å². The summed E-state index contributed by atoms with van der Waals surface area (Å²) >= 11 is 15.8. The third kappa shape index (κ3) is 3.37. The molecule has 1 unspecified atom stereocenters. The van der Waals surface area contributed by atoms with E-state index in [0.717, 1.165) is 27.8 Å². The maximum Gasteiger partial charge on any atom is 0.0850 e. The summed E-state index contributed by atoms with van der Waals surface area (Å²) in [6.45, 7) is 2.03. The summed E-state index contributed by atoms with van der Waals surface area (Å²) in [6.07, 6.45) is 1.43. The van der Waals surface area contributed by atoms with Crippen molar-refractivity contribution in [1.82, 2.24) is 9.78 Å². The summed E-state index contributed by atoms with van der Waals surface area (Å²) < 4.78 is 2.72. The van der Waals surface area contributed by atoms with Gasteiger partial charge in [0.05, 0.1) is 16.4 Å². The van der Waals surface area contributed by atoms with E-state index in [1.807, 2.05) is 32.2 Å². The smallest absolute Gasteiger partial charge is 0.0850 e. The number of aryl methyl sites for hydroxylation is 2. The Kier molecular flexibility index (Phi) is 5.13. The third-order valence-corrected chi connectivity index (χ3v) is 4.34. The molecule has 0 bridgehead atoms. The highest BCUT2D eigenvalue weighted by Gasteiger charge is 2.17. The van der Waals surface area contributed by atoms with Crippen molar-refractivity contribution in [2.75, 3.05) is 0 Å². The fourth-order valence-electron chi connectivity index (χ4n) is 2.16. The van der Waals surface area contributed by atoms with Gasteiger partial charge in [-0.25, -0.2) is 0 Å². The van der Waals surface area contributed by atoms with Crippen LogP contribution in [0.15, 0.2) is 22.7 Å². The Morgan fingerprint density at radius 1 is 1.35 bits per heavy atom. The van der Waals surface area contributed by atoms with Crippen LogP contribution in [-0.4, -0.2) is 9.78 Å². The van der Waals surface area contributed by atoms with E-state index in [1.54, 1.807) is 4.68 Å². The topological polar surface area (TPSA) is 43.8 Å². The normalized spacial score (nSPS) is 12.7. The van der Waals surface area contributed by atoms with Crippen molar-refractivity contribution < 1.29 is 0 Å².